The highest BCUT2D eigenvalue weighted by Gasteiger charge is 2.13. The third kappa shape index (κ3) is 0.936. The molecule has 0 N–H and O–H groups in total. The van der Waals surface area contributed by atoms with Crippen LogP contribution < -0.4 is 0 Å². The predicted molar refractivity (Wildman–Crippen MR) is 36.8 cm³/mol. The number of allylic oxidation sites excluding steroid dienone is 2. The molecule has 1 fully saturated rings. The molecule has 8 heavy (non-hydrogen) atoms. The number of hydrogen-bond donors (Lipinski definition) is 0. The third-order valence-electron chi connectivity index (χ3n) is 2.11. The minimum Gasteiger partial charge on any atom is -0.0882 e. The van der Waals surface area contributed by atoms with E-state index < -0.39 is 0 Å². The maximum atomic E-state index is 2.32. The Balaban J connectivity index is 2.55. The predicted octanol–water partition coefficient (Wildman–Crippen LogP) is 2.75. The van der Waals surface area contributed by atoms with Crippen molar-refractivity contribution in [2.45, 2.75) is 33.1 Å². The lowest BCUT2D eigenvalue weighted by atomic mass is 10.1. The second-order valence-corrected chi connectivity index (χ2v) is 2.66. The van der Waals surface area contributed by atoms with Crippen LogP contribution in [0.25, 0.3) is 0 Å². The van der Waals surface area contributed by atoms with Gasteiger partial charge in [0.1, 0.15) is 0 Å². The van der Waals surface area contributed by atoms with E-state index in [9.17, 15) is 0 Å². The van der Waals surface area contributed by atoms with Gasteiger partial charge in [-0.15, -0.1) is 0 Å². The maximum absolute atomic E-state index is 2.32. The minimum absolute atomic E-state index is 0.889. The topological polar surface area (TPSA) is 0 Å². The smallest absolute Gasteiger partial charge is 0.0232 e. The van der Waals surface area contributed by atoms with Crippen LogP contribution in [0.1, 0.15) is 33.1 Å². The molecule has 0 spiro atoms. The van der Waals surface area contributed by atoms with E-state index in [-0.39, 0.29) is 0 Å². The second-order valence-electron chi connectivity index (χ2n) is 2.66. The van der Waals surface area contributed by atoms with Crippen molar-refractivity contribution in [3.05, 3.63) is 11.6 Å². The highest BCUT2D eigenvalue weighted by Crippen LogP contribution is 2.29. The molecule has 0 unspecified atom stereocenters. The molecule has 1 aliphatic carbocycles. The van der Waals surface area contributed by atoms with Crippen molar-refractivity contribution in [3.63, 3.8) is 0 Å². The van der Waals surface area contributed by atoms with E-state index in [4.69, 9.17) is 0 Å². The fourth-order valence-corrected chi connectivity index (χ4v) is 1.47. The van der Waals surface area contributed by atoms with Gasteiger partial charge in [-0.05, 0) is 32.1 Å². The summed E-state index contributed by atoms with van der Waals surface area (Å²) in [5.74, 6) is 0.889. The molecule has 1 saturated carbocycles. The zero-order chi connectivity index (χ0) is 5.98. The average Bonchev–Trinajstić information content (AvgIpc) is 2.14. The van der Waals surface area contributed by atoms with Crippen molar-refractivity contribution >= 4 is 0 Å². The first-order valence-corrected chi connectivity index (χ1v) is 3.49. The summed E-state index contributed by atoms with van der Waals surface area (Å²) in [6.07, 6.45) is 6.47. The minimum atomic E-state index is 0.889. The van der Waals surface area contributed by atoms with E-state index in [1.165, 1.54) is 19.3 Å². The zero-order valence-corrected chi connectivity index (χ0v) is 5.78. The van der Waals surface area contributed by atoms with Crippen LogP contribution in [-0.2, 0) is 0 Å². The highest BCUT2D eigenvalue weighted by atomic mass is 14.2. The first-order chi connectivity index (χ1) is 3.84. The van der Waals surface area contributed by atoms with Gasteiger partial charge >= 0.3 is 0 Å². The molecule has 46 valence electrons. The van der Waals surface area contributed by atoms with Crippen LogP contribution in [0, 0.1) is 5.92 Å². The van der Waals surface area contributed by atoms with Gasteiger partial charge in [0, 0.05) is 0 Å². The first kappa shape index (κ1) is 5.87. The molecular weight excluding hydrogens is 96.1 g/mol. The van der Waals surface area contributed by atoms with E-state index in [1.54, 1.807) is 5.57 Å². The van der Waals surface area contributed by atoms with E-state index in [0.717, 1.165) is 5.92 Å². The molecule has 0 aromatic carbocycles. The summed E-state index contributed by atoms with van der Waals surface area (Å²) in [4.78, 5) is 0. The van der Waals surface area contributed by atoms with Crippen LogP contribution in [-0.4, -0.2) is 0 Å². The van der Waals surface area contributed by atoms with Crippen molar-refractivity contribution in [2.75, 3.05) is 0 Å². The van der Waals surface area contributed by atoms with Gasteiger partial charge in [-0.25, -0.2) is 0 Å². The van der Waals surface area contributed by atoms with E-state index in [2.05, 4.69) is 19.9 Å². The Morgan fingerprint density at radius 3 is 2.62 bits per heavy atom. The molecular formula is C8H14. The fourth-order valence-electron chi connectivity index (χ4n) is 1.47. The molecule has 0 aromatic rings. The summed E-state index contributed by atoms with van der Waals surface area (Å²) >= 11 is 0. The maximum Gasteiger partial charge on any atom is -0.0232 e. The van der Waals surface area contributed by atoms with Crippen molar-refractivity contribution in [1.29, 1.82) is 0 Å². The molecule has 0 heteroatoms. The number of hydrogen-bond acceptors (Lipinski definition) is 0. The Kier molecular flexibility index (Phi) is 1.72. The second kappa shape index (κ2) is 2.34. The summed E-state index contributed by atoms with van der Waals surface area (Å²) in [6.45, 7) is 4.47. The normalized spacial score (nSPS) is 34.2. The highest BCUT2D eigenvalue weighted by molar-refractivity contribution is 5.08. The SMILES string of the molecule is C/C=C1/CCC[C@@H]1C. The van der Waals surface area contributed by atoms with Gasteiger partial charge in [0.2, 0.25) is 0 Å². The first-order valence-electron chi connectivity index (χ1n) is 3.49. The standard InChI is InChI=1S/C8H14/c1-3-8-6-4-5-7(8)2/h3,7H,4-6H2,1-2H3/b8-3-/t7-/m0/s1. The van der Waals surface area contributed by atoms with E-state index in [0.29, 0.717) is 0 Å². The van der Waals surface area contributed by atoms with Crippen LogP contribution in [0.15, 0.2) is 11.6 Å². The zero-order valence-electron chi connectivity index (χ0n) is 5.78. The van der Waals surface area contributed by atoms with Crippen LogP contribution in [0.2, 0.25) is 0 Å². The lowest BCUT2D eigenvalue weighted by Crippen LogP contribution is -1.85. The van der Waals surface area contributed by atoms with Crippen molar-refractivity contribution in [3.8, 4) is 0 Å². The molecule has 0 amide bonds. The molecule has 0 radical (unpaired) electrons. The van der Waals surface area contributed by atoms with Crippen molar-refractivity contribution in [1.82, 2.24) is 0 Å². The lowest BCUT2D eigenvalue weighted by Gasteiger charge is -2.00. The summed E-state index contributed by atoms with van der Waals surface area (Å²) in [6, 6.07) is 0. The molecule has 1 atom stereocenters. The summed E-state index contributed by atoms with van der Waals surface area (Å²) in [7, 11) is 0. The molecule has 0 heterocycles. The summed E-state index contributed by atoms with van der Waals surface area (Å²) in [5.41, 5.74) is 1.67. The Hall–Kier alpha value is -0.260. The van der Waals surface area contributed by atoms with Gasteiger partial charge in [0.15, 0.2) is 0 Å². The van der Waals surface area contributed by atoms with Crippen LogP contribution >= 0.6 is 0 Å². The average molecular weight is 110 g/mol. The van der Waals surface area contributed by atoms with Crippen LogP contribution in [0.4, 0.5) is 0 Å². The largest absolute Gasteiger partial charge is 0.0882 e. The van der Waals surface area contributed by atoms with Gasteiger partial charge in [0.25, 0.3) is 0 Å². The Bertz CT molecular complexity index is 101. The van der Waals surface area contributed by atoms with Gasteiger partial charge < -0.3 is 0 Å². The molecule has 0 aliphatic heterocycles. The molecule has 1 aliphatic rings. The molecule has 0 saturated heterocycles. The Morgan fingerprint density at radius 1 is 1.62 bits per heavy atom. The molecule has 1 rings (SSSR count). The van der Waals surface area contributed by atoms with Gasteiger partial charge in [0.05, 0.1) is 0 Å². The molecule has 0 nitrogen and oxygen atoms in total. The Morgan fingerprint density at radius 2 is 2.38 bits per heavy atom. The molecule has 0 aromatic heterocycles. The number of rotatable bonds is 0. The molecule has 0 bridgehead atoms. The summed E-state index contributed by atoms with van der Waals surface area (Å²) in [5, 5.41) is 0. The summed E-state index contributed by atoms with van der Waals surface area (Å²) < 4.78 is 0. The Labute approximate surface area is 51.6 Å². The fraction of sp³-hybridized carbons (Fsp3) is 0.750. The van der Waals surface area contributed by atoms with Crippen molar-refractivity contribution < 1.29 is 0 Å². The third-order valence-corrected chi connectivity index (χ3v) is 2.11. The van der Waals surface area contributed by atoms with Crippen LogP contribution in [0.5, 0.6) is 0 Å². The quantitative estimate of drug-likeness (QED) is 0.420. The van der Waals surface area contributed by atoms with Gasteiger partial charge in [-0.1, -0.05) is 18.6 Å². The van der Waals surface area contributed by atoms with E-state index >= 15 is 0 Å². The van der Waals surface area contributed by atoms with Gasteiger partial charge in [-0.2, -0.15) is 0 Å². The van der Waals surface area contributed by atoms with Gasteiger partial charge in [-0.3, -0.25) is 0 Å². The van der Waals surface area contributed by atoms with E-state index in [1.807, 2.05) is 0 Å². The lowest BCUT2D eigenvalue weighted by molar-refractivity contribution is 0.695. The monoisotopic (exact) mass is 110 g/mol. The van der Waals surface area contributed by atoms with Crippen molar-refractivity contribution in [2.24, 2.45) is 5.92 Å². The van der Waals surface area contributed by atoms with Crippen LogP contribution in [0.3, 0.4) is 0 Å².